The van der Waals surface area contributed by atoms with Gasteiger partial charge in [-0.3, -0.25) is 9.69 Å². The van der Waals surface area contributed by atoms with E-state index in [4.69, 9.17) is 0 Å². The van der Waals surface area contributed by atoms with E-state index in [1.54, 1.807) is 0 Å². The number of likely N-dealkylation sites (tertiary alicyclic amines) is 1. The molecule has 0 bridgehead atoms. The maximum Gasteiger partial charge on any atom is 0.251 e. The molecule has 1 fully saturated rings. The Labute approximate surface area is 165 Å². The SMILES string of the molecule is CCN1CCC[C@@H]1CNC(=O)c1ccc(-c2nc(C)nc3ccccc23)cc1. The molecule has 1 amide bonds. The first-order chi connectivity index (χ1) is 13.7. The Balaban J connectivity index is 1.51. The van der Waals surface area contributed by atoms with Gasteiger partial charge in [0.1, 0.15) is 5.82 Å². The fraction of sp³-hybridized carbons (Fsp3) is 0.348. The molecule has 144 valence electrons. The third-order valence-corrected chi connectivity index (χ3v) is 5.54. The van der Waals surface area contributed by atoms with Gasteiger partial charge in [-0.2, -0.15) is 0 Å². The molecule has 1 atom stereocenters. The van der Waals surface area contributed by atoms with Gasteiger partial charge in [0.2, 0.25) is 0 Å². The maximum atomic E-state index is 12.6. The Bertz CT molecular complexity index is 984. The summed E-state index contributed by atoms with van der Waals surface area (Å²) in [5, 5.41) is 4.12. The predicted octanol–water partition coefficient (Wildman–Crippen LogP) is 3.82. The second-order valence-corrected chi connectivity index (χ2v) is 7.35. The highest BCUT2D eigenvalue weighted by Crippen LogP contribution is 2.26. The number of para-hydroxylation sites is 1. The van der Waals surface area contributed by atoms with Crippen LogP contribution < -0.4 is 5.32 Å². The number of hydrogen-bond donors (Lipinski definition) is 1. The molecule has 2 heterocycles. The maximum absolute atomic E-state index is 12.6. The molecule has 1 aliphatic heterocycles. The van der Waals surface area contributed by atoms with Crippen LogP contribution in [0.2, 0.25) is 0 Å². The van der Waals surface area contributed by atoms with Crippen LogP contribution in [0.1, 0.15) is 35.9 Å². The van der Waals surface area contributed by atoms with Crippen LogP contribution in [0.4, 0.5) is 0 Å². The lowest BCUT2D eigenvalue weighted by Crippen LogP contribution is -2.40. The minimum absolute atomic E-state index is 0.0155. The number of rotatable bonds is 5. The van der Waals surface area contributed by atoms with Crippen molar-refractivity contribution in [3.63, 3.8) is 0 Å². The number of carbonyl (C=O) groups excluding carboxylic acids is 1. The fourth-order valence-corrected chi connectivity index (χ4v) is 4.05. The number of aromatic nitrogens is 2. The highest BCUT2D eigenvalue weighted by Gasteiger charge is 2.23. The summed E-state index contributed by atoms with van der Waals surface area (Å²) in [7, 11) is 0. The van der Waals surface area contributed by atoms with Crippen LogP contribution in [-0.4, -0.2) is 46.5 Å². The van der Waals surface area contributed by atoms with Gasteiger partial charge >= 0.3 is 0 Å². The molecule has 1 aromatic heterocycles. The first-order valence-electron chi connectivity index (χ1n) is 10.0. The van der Waals surface area contributed by atoms with Crippen LogP contribution in [0.25, 0.3) is 22.2 Å². The van der Waals surface area contributed by atoms with E-state index in [9.17, 15) is 4.79 Å². The molecular formula is C23H26N4O. The average molecular weight is 374 g/mol. The molecule has 0 unspecified atom stereocenters. The zero-order chi connectivity index (χ0) is 19.5. The lowest BCUT2D eigenvalue weighted by atomic mass is 10.0. The van der Waals surface area contributed by atoms with Crippen molar-refractivity contribution in [1.82, 2.24) is 20.2 Å². The molecule has 4 rings (SSSR count). The van der Waals surface area contributed by atoms with E-state index in [0.717, 1.165) is 47.5 Å². The van der Waals surface area contributed by atoms with Gasteiger partial charge < -0.3 is 5.32 Å². The summed E-state index contributed by atoms with van der Waals surface area (Å²) in [5.41, 5.74) is 3.51. The van der Waals surface area contributed by atoms with Crippen molar-refractivity contribution in [2.45, 2.75) is 32.7 Å². The summed E-state index contributed by atoms with van der Waals surface area (Å²) >= 11 is 0. The van der Waals surface area contributed by atoms with Crippen LogP contribution in [-0.2, 0) is 0 Å². The molecule has 5 nitrogen and oxygen atoms in total. The van der Waals surface area contributed by atoms with E-state index in [1.165, 1.54) is 6.42 Å². The first kappa shape index (κ1) is 18.6. The normalized spacial score (nSPS) is 17.1. The quantitative estimate of drug-likeness (QED) is 0.738. The lowest BCUT2D eigenvalue weighted by Gasteiger charge is -2.22. The molecule has 5 heteroatoms. The largest absolute Gasteiger partial charge is 0.350 e. The number of fused-ring (bicyclic) bond motifs is 1. The van der Waals surface area contributed by atoms with E-state index in [1.807, 2.05) is 55.5 Å². The zero-order valence-electron chi connectivity index (χ0n) is 16.5. The minimum atomic E-state index is -0.0155. The molecule has 0 spiro atoms. The third-order valence-electron chi connectivity index (χ3n) is 5.54. The van der Waals surface area contributed by atoms with Gasteiger partial charge in [-0.1, -0.05) is 37.3 Å². The number of likely N-dealkylation sites (N-methyl/N-ethyl adjacent to an activating group) is 1. The van der Waals surface area contributed by atoms with E-state index < -0.39 is 0 Å². The van der Waals surface area contributed by atoms with Gasteiger partial charge in [0.05, 0.1) is 11.2 Å². The average Bonchev–Trinajstić information content (AvgIpc) is 3.19. The van der Waals surface area contributed by atoms with Crippen LogP contribution in [0, 0.1) is 6.92 Å². The minimum Gasteiger partial charge on any atom is -0.350 e. The number of carbonyl (C=O) groups is 1. The number of nitrogens with one attached hydrogen (secondary N) is 1. The fourth-order valence-electron chi connectivity index (χ4n) is 4.05. The van der Waals surface area contributed by atoms with Crippen molar-refractivity contribution >= 4 is 16.8 Å². The van der Waals surface area contributed by atoms with Crippen molar-refractivity contribution in [3.8, 4) is 11.3 Å². The van der Waals surface area contributed by atoms with E-state index >= 15 is 0 Å². The van der Waals surface area contributed by atoms with Gasteiger partial charge in [-0.05, 0) is 51.1 Å². The Morgan fingerprint density at radius 2 is 1.93 bits per heavy atom. The smallest absolute Gasteiger partial charge is 0.251 e. The van der Waals surface area contributed by atoms with E-state index in [-0.39, 0.29) is 5.91 Å². The molecule has 1 aliphatic rings. The van der Waals surface area contributed by atoms with Crippen molar-refractivity contribution < 1.29 is 4.79 Å². The second kappa shape index (κ2) is 8.07. The molecular weight excluding hydrogens is 348 g/mol. The van der Waals surface area contributed by atoms with Crippen LogP contribution in [0.15, 0.2) is 48.5 Å². The van der Waals surface area contributed by atoms with Crippen molar-refractivity contribution in [3.05, 3.63) is 59.9 Å². The van der Waals surface area contributed by atoms with Crippen LogP contribution in [0.5, 0.6) is 0 Å². The van der Waals surface area contributed by atoms with Gasteiger partial charge in [0, 0.05) is 29.1 Å². The second-order valence-electron chi connectivity index (χ2n) is 7.35. The Morgan fingerprint density at radius 3 is 2.71 bits per heavy atom. The van der Waals surface area contributed by atoms with Gasteiger partial charge in [0.25, 0.3) is 5.91 Å². The number of nitrogens with zero attached hydrogens (tertiary/aromatic N) is 3. The number of aryl methyl sites for hydroxylation is 1. The number of hydrogen-bond acceptors (Lipinski definition) is 4. The molecule has 1 saturated heterocycles. The molecule has 0 aliphatic carbocycles. The summed E-state index contributed by atoms with van der Waals surface area (Å²) in [5.74, 6) is 0.728. The highest BCUT2D eigenvalue weighted by molar-refractivity contribution is 5.96. The molecule has 0 saturated carbocycles. The van der Waals surface area contributed by atoms with Crippen molar-refractivity contribution in [1.29, 1.82) is 0 Å². The summed E-state index contributed by atoms with van der Waals surface area (Å²) in [4.78, 5) is 24.1. The summed E-state index contributed by atoms with van der Waals surface area (Å²) in [6, 6.07) is 16.2. The standard InChI is InChI=1S/C23H26N4O/c1-3-27-14-6-7-19(27)15-24-23(28)18-12-10-17(11-13-18)22-20-8-4-5-9-21(20)25-16(2)26-22/h4-5,8-13,19H,3,6-7,14-15H2,1-2H3,(H,24,28)/t19-/m1/s1. The van der Waals surface area contributed by atoms with Gasteiger partial charge in [0.15, 0.2) is 0 Å². The van der Waals surface area contributed by atoms with Crippen LogP contribution >= 0.6 is 0 Å². The zero-order valence-corrected chi connectivity index (χ0v) is 16.5. The van der Waals surface area contributed by atoms with Gasteiger partial charge in [-0.15, -0.1) is 0 Å². The summed E-state index contributed by atoms with van der Waals surface area (Å²) in [6.07, 6.45) is 2.38. The number of amides is 1. The monoisotopic (exact) mass is 374 g/mol. The predicted molar refractivity (Wildman–Crippen MR) is 112 cm³/mol. The van der Waals surface area contributed by atoms with Crippen molar-refractivity contribution in [2.75, 3.05) is 19.6 Å². The lowest BCUT2D eigenvalue weighted by molar-refractivity contribution is 0.0941. The Hall–Kier alpha value is -2.79. The molecule has 2 aromatic carbocycles. The number of benzene rings is 2. The topological polar surface area (TPSA) is 58.1 Å². The van der Waals surface area contributed by atoms with Gasteiger partial charge in [-0.25, -0.2) is 9.97 Å². The summed E-state index contributed by atoms with van der Waals surface area (Å²) in [6.45, 7) is 6.97. The molecule has 1 N–H and O–H groups in total. The molecule has 3 aromatic rings. The molecule has 28 heavy (non-hydrogen) atoms. The van der Waals surface area contributed by atoms with Crippen molar-refractivity contribution in [2.24, 2.45) is 0 Å². The Kier molecular flexibility index (Phi) is 5.35. The molecule has 0 radical (unpaired) electrons. The van der Waals surface area contributed by atoms with Crippen LogP contribution in [0.3, 0.4) is 0 Å². The van der Waals surface area contributed by atoms with E-state index in [2.05, 4.69) is 27.1 Å². The third kappa shape index (κ3) is 3.76. The summed E-state index contributed by atoms with van der Waals surface area (Å²) < 4.78 is 0. The first-order valence-corrected chi connectivity index (χ1v) is 10.0. The highest BCUT2D eigenvalue weighted by atomic mass is 16.1. The van der Waals surface area contributed by atoms with E-state index in [0.29, 0.717) is 18.2 Å². The Morgan fingerprint density at radius 1 is 1.14 bits per heavy atom.